The van der Waals surface area contributed by atoms with Gasteiger partial charge in [-0.15, -0.1) is 0 Å². The van der Waals surface area contributed by atoms with E-state index < -0.39 is 12.1 Å². The number of hydrogen-bond donors (Lipinski definition) is 1. The maximum atomic E-state index is 12.1. The number of carbonyl (C=O) groups excluding carboxylic acids is 2. The van der Waals surface area contributed by atoms with Crippen LogP contribution in [0.4, 0.5) is 10.5 Å². The monoisotopic (exact) mass is 268 g/mol. The molecule has 0 spiro atoms. The molecule has 1 N–H and O–H groups in total. The number of methoxy groups -OCH3 is 1. The molecule has 18 heavy (non-hydrogen) atoms. The highest BCUT2D eigenvalue weighted by atomic mass is 35.5. The van der Waals surface area contributed by atoms with E-state index in [2.05, 4.69) is 5.32 Å². The maximum absolute atomic E-state index is 12.1. The Kier molecular flexibility index (Phi) is 3.84. The van der Waals surface area contributed by atoms with Crippen molar-refractivity contribution in [3.63, 3.8) is 0 Å². The van der Waals surface area contributed by atoms with E-state index in [-0.39, 0.29) is 5.91 Å². The first-order chi connectivity index (χ1) is 8.63. The minimum Gasteiger partial charge on any atom is -0.385 e. The van der Waals surface area contributed by atoms with Gasteiger partial charge in [0.15, 0.2) is 0 Å². The summed E-state index contributed by atoms with van der Waals surface area (Å²) < 4.78 is 4.90. The number of imide groups is 1. The number of anilines is 1. The molecule has 1 unspecified atom stereocenters. The van der Waals surface area contributed by atoms with Crippen molar-refractivity contribution in [2.24, 2.45) is 0 Å². The molecule has 1 aliphatic rings. The van der Waals surface area contributed by atoms with Crippen LogP contribution in [0, 0.1) is 0 Å². The first kappa shape index (κ1) is 12.9. The summed E-state index contributed by atoms with van der Waals surface area (Å²) >= 11 is 5.77. The van der Waals surface area contributed by atoms with E-state index in [1.54, 1.807) is 31.4 Å². The third-order valence-electron chi connectivity index (χ3n) is 2.71. The summed E-state index contributed by atoms with van der Waals surface area (Å²) in [4.78, 5) is 24.9. The molecule has 3 amide bonds. The van der Waals surface area contributed by atoms with Crippen molar-refractivity contribution in [1.29, 1.82) is 0 Å². The number of nitrogens with one attached hydrogen (secondary N) is 1. The van der Waals surface area contributed by atoms with E-state index in [4.69, 9.17) is 16.3 Å². The molecule has 0 aromatic heterocycles. The molecule has 1 aliphatic heterocycles. The predicted octanol–water partition coefficient (Wildman–Crippen LogP) is 1.80. The van der Waals surface area contributed by atoms with Gasteiger partial charge < -0.3 is 10.1 Å². The van der Waals surface area contributed by atoms with Gasteiger partial charge in [0.2, 0.25) is 0 Å². The SMILES string of the molecule is COCCC1NC(=O)N(c2ccc(Cl)cc2)C1=O. The summed E-state index contributed by atoms with van der Waals surface area (Å²) in [5.74, 6) is -0.264. The van der Waals surface area contributed by atoms with Crippen LogP contribution in [0.2, 0.25) is 5.02 Å². The van der Waals surface area contributed by atoms with Crippen LogP contribution in [0.25, 0.3) is 0 Å². The summed E-state index contributed by atoms with van der Waals surface area (Å²) in [6, 6.07) is 5.62. The van der Waals surface area contributed by atoms with E-state index in [0.717, 1.165) is 4.90 Å². The number of ether oxygens (including phenoxy) is 1. The van der Waals surface area contributed by atoms with Gasteiger partial charge in [0.1, 0.15) is 6.04 Å². The second kappa shape index (κ2) is 5.37. The van der Waals surface area contributed by atoms with Gasteiger partial charge in [-0.05, 0) is 24.3 Å². The Balaban J connectivity index is 2.16. The van der Waals surface area contributed by atoms with Crippen molar-refractivity contribution in [3.05, 3.63) is 29.3 Å². The van der Waals surface area contributed by atoms with Crippen LogP contribution in [0.3, 0.4) is 0 Å². The minimum atomic E-state index is -0.520. The number of urea groups is 1. The fourth-order valence-electron chi connectivity index (χ4n) is 1.80. The second-order valence-electron chi connectivity index (χ2n) is 3.93. The third-order valence-corrected chi connectivity index (χ3v) is 2.97. The Morgan fingerprint density at radius 2 is 2.00 bits per heavy atom. The van der Waals surface area contributed by atoms with Gasteiger partial charge in [-0.3, -0.25) is 4.79 Å². The molecule has 1 fully saturated rings. The molecule has 2 rings (SSSR count). The molecule has 6 heteroatoms. The lowest BCUT2D eigenvalue weighted by Gasteiger charge is -2.12. The van der Waals surface area contributed by atoms with E-state index in [0.29, 0.717) is 23.7 Å². The lowest BCUT2D eigenvalue weighted by atomic mass is 10.2. The molecule has 1 aromatic rings. The Hall–Kier alpha value is -1.59. The molecule has 96 valence electrons. The van der Waals surface area contributed by atoms with Gasteiger partial charge in [-0.1, -0.05) is 11.6 Å². The molecule has 5 nitrogen and oxygen atoms in total. The van der Waals surface area contributed by atoms with E-state index >= 15 is 0 Å². The Labute approximate surface area is 110 Å². The highest BCUT2D eigenvalue weighted by molar-refractivity contribution is 6.30. The van der Waals surface area contributed by atoms with E-state index in [1.807, 2.05) is 0 Å². The molecule has 0 radical (unpaired) electrons. The molecular formula is C12H13ClN2O3. The first-order valence-corrected chi connectivity index (χ1v) is 5.90. The normalized spacial score (nSPS) is 19.2. The summed E-state index contributed by atoms with van der Waals surface area (Å²) in [7, 11) is 1.55. The van der Waals surface area contributed by atoms with Gasteiger partial charge >= 0.3 is 6.03 Å². The number of benzene rings is 1. The van der Waals surface area contributed by atoms with Crippen LogP contribution < -0.4 is 10.2 Å². The Morgan fingerprint density at radius 1 is 1.33 bits per heavy atom. The van der Waals surface area contributed by atoms with Crippen LogP contribution in [0.15, 0.2) is 24.3 Å². The standard InChI is InChI=1S/C12H13ClN2O3/c1-18-7-6-10-11(16)15(12(17)14-10)9-4-2-8(13)3-5-9/h2-5,10H,6-7H2,1H3,(H,14,17). The van der Waals surface area contributed by atoms with Crippen molar-refractivity contribution in [1.82, 2.24) is 5.32 Å². The molecular weight excluding hydrogens is 256 g/mol. The summed E-state index contributed by atoms with van der Waals surface area (Å²) in [6.07, 6.45) is 0.463. The quantitative estimate of drug-likeness (QED) is 0.847. The summed E-state index contributed by atoms with van der Waals surface area (Å²) in [6.45, 7) is 0.422. The molecule has 1 saturated heterocycles. The molecule has 0 saturated carbocycles. The molecule has 0 aliphatic carbocycles. The maximum Gasteiger partial charge on any atom is 0.329 e. The van der Waals surface area contributed by atoms with Crippen molar-refractivity contribution in [3.8, 4) is 0 Å². The average molecular weight is 269 g/mol. The molecule has 1 aromatic carbocycles. The van der Waals surface area contributed by atoms with Gasteiger partial charge in [0, 0.05) is 25.2 Å². The van der Waals surface area contributed by atoms with Crippen LogP contribution >= 0.6 is 11.6 Å². The number of amides is 3. The topological polar surface area (TPSA) is 58.6 Å². The fraction of sp³-hybridized carbons (Fsp3) is 0.333. The highest BCUT2D eigenvalue weighted by Crippen LogP contribution is 2.22. The lowest BCUT2D eigenvalue weighted by molar-refractivity contribution is -0.118. The smallest absolute Gasteiger partial charge is 0.329 e. The molecule has 0 bridgehead atoms. The van der Waals surface area contributed by atoms with Gasteiger partial charge in [-0.25, -0.2) is 9.69 Å². The van der Waals surface area contributed by atoms with Crippen LogP contribution in [-0.4, -0.2) is 31.7 Å². The number of nitrogens with zero attached hydrogens (tertiary/aromatic N) is 1. The number of halogens is 1. The number of rotatable bonds is 4. The van der Waals surface area contributed by atoms with Crippen molar-refractivity contribution in [2.45, 2.75) is 12.5 Å². The molecule has 1 atom stereocenters. The van der Waals surface area contributed by atoms with E-state index in [9.17, 15) is 9.59 Å². The van der Waals surface area contributed by atoms with Gasteiger partial charge in [0.25, 0.3) is 5.91 Å². The van der Waals surface area contributed by atoms with Crippen LogP contribution in [0.5, 0.6) is 0 Å². The zero-order valence-corrected chi connectivity index (χ0v) is 10.6. The predicted molar refractivity (Wildman–Crippen MR) is 67.8 cm³/mol. The Bertz CT molecular complexity index is 461. The third kappa shape index (κ3) is 2.47. The van der Waals surface area contributed by atoms with E-state index in [1.165, 1.54) is 0 Å². The Morgan fingerprint density at radius 3 is 2.61 bits per heavy atom. The zero-order chi connectivity index (χ0) is 13.1. The fourth-order valence-corrected chi connectivity index (χ4v) is 1.92. The average Bonchev–Trinajstić information content (AvgIpc) is 2.63. The summed E-state index contributed by atoms with van der Waals surface area (Å²) in [5.41, 5.74) is 0.516. The second-order valence-corrected chi connectivity index (χ2v) is 4.37. The van der Waals surface area contributed by atoms with Crippen LogP contribution in [-0.2, 0) is 9.53 Å². The zero-order valence-electron chi connectivity index (χ0n) is 9.85. The van der Waals surface area contributed by atoms with Gasteiger partial charge in [0.05, 0.1) is 5.69 Å². The van der Waals surface area contributed by atoms with Gasteiger partial charge in [-0.2, -0.15) is 0 Å². The largest absolute Gasteiger partial charge is 0.385 e. The van der Waals surface area contributed by atoms with Crippen molar-refractivity contribution < 1.29 is 14.3 Å². The first-order valence-electron chi connectivity index (χ1n) is 5.52. The van der Waals surface area contributed by atoms with Crippen molar-refractivity contribution in [2.75, 3.05) is 18.6 Å². The number of hydrogen-bond acceptors (Lipinski definition) is 3. The lowest BCUT2D eigenvalue weighted by Crippen LogP contribution is -2.31. The van der Waals surface area contributed by atoms with Crippen LogP contribution in [0.1, 0.15) is 6.42 Å². The summed E-state index contributed by atoms with van der Waals surface area (Å²) in [5, 5.41) is 3.18. The number of carbonyl (C=O) groups is 2. The molecule has 1 heterocycles. The van der Waals surface area contributed by atoms with Crippen molar-refractivity contribution >= 4 is 29.2 Å². The highest BCUT2D eigenvalue weighted by Gasteiger charge is 2.38. The minimum absolute atomic E-state index is 0.264.